The average Bonchev–Trinajstić information content (AvgIpc) is 2.59. The van der Waals surface area contributed by atoms with Crippen molar-refractivity contribution in [2.75, 3.05) is 19.8 Å². The van der Waals surface area contributed by atoms with Gasteiger partial charge in [-0.25, -0.2) is 0 Å². The summed E-state index contributed by atoms with van der Waals surface area (Å²) in [5.74, 6) is 0. The number of aliphatic hydroxyl groups is 6. The maximum atomic E-state index is 9.86. The number of nitrogens with one attached hydrogen (secondary N) is 1. The van der Waals surface area contributed by atoms with E-state index < -0.39 is 37.1 Å². The maximum absolute atomic E-state index is 9.86. The molecule has 9 heteroatoms. The molecule has 0 saturated heterocycles. The number of hydrogen-bond acceptors (Lipinski definition) is 9. The van der Waals surface area contributed by atoms with E-state index in [2.05, 4.69) is 15.3 Å². The summed E-state index contributed by atoms with van der Waals surface area (Å²) in [7, 11) is 0. The third-order valence-corrected chi connectivity index (χ3v) is 3.48. The normalized spacial score (nSPS) is 18.2. The minimum atomic E-state index is -1.58. The van der Waals surface area contributed by atoms with Gasteiger partial charge in [-0.1, -0.05) is 6.92 Å². The molecule has 0 fully saturated rings. The molecule has 0 radical (unpaired) electrons. The summed E-state index contributed by atoms with van der Waals surface area (Å²) in [5, 5.41) is 59.4. The molecule has 0 unspecified atom stereocenters. The van der Waals surface area contributed by atoms with Gasteiger partial charge in [-0.2, -0.15) is 0 Å². The third-order valence-electron chi connectivity index (χ3n) is 3.48. The first-order chi connectivity index (χ1) is 10.9. The SMILES string of the molecule is CCN[C@@H](Cc1cnc([C@@H](O)[C@H](O)[C@H](O)CO)cn1)[C@H](O)CO. The van der Waals surface area contributed by atoms with E-state index in [1.165, 1.54) is 12.4 Å². The van der Waals surface area contributed by atoms with Crippen molar-refractivity contribution in [3.63, 3.8) is 0 Å². The van der Waals surface area contributed by atoms with Crippen molar-refractivity contribution in [3.8, 4) is 0 Å². The molecule has 0 aromatic carbocycles. The minimum absolute atomic E-state index is 0.0523. The third kappa shape index (κ3) is 5.74. The Morgan fingerprint density at radius 1 is 1.00 bits per heavy atom. The summed E-state index contributed by atoms with van der Waals surface area (Å²) in [6.07, 6.45) is -2.53. The Balaban J connectivity index is 2.75. The molecule has 0 spiro atoms. The van der Waals surface area contributed by atoms with E-state index >= 15 is 0 Å². The minimum Gasteiger partial charge on any atom is -0.394 e. The number of aliphatic hydroxyl groups excluding tert-OH is 6. The highest BCUT2D eigenvalue weighted by Crippen LogP contribution is 2.16. The van der Waals surface area contributed by atoms with Crippen LogP contribution in [0.25, 0.3) is 0 Å². The number of rotatable bonds is 10. The van der Waals surface area contributed by atoms with Gasteiger partial charge in [0.15, 0.2) is 0 Å². The summed E-state index contributed by atoms with van der Waals surface area (Å²) in [6, 6.07) is -0.392. The summed E-state index contributed by atoms with van der Waals surface area (Å²) in [4.78, 5) is 8.07. The second-order valence-corrected chi connectivity index (χ2v) is 5.24. The van der Waals surface area contributed by atoms with Crippen molar-refractivity contribution in [2.45, 2.75) is 43.8 Å². The molecule has 132 valence electrons. The quantitative estimate of drug-likeness (QED) is 0.239. The maximum Gasteiger partial charge on any atom is 0.126 e. The van der Waals surface area contributed by atoms with E-state index in [0.717, 1.165) is 0 Å². The fraction of sp³-hybridized carbons (Fsp3) is 0.714. The lowest BCUT2D eigenvalue weighted by Gasteiger charge is -2.22. The molecule has 9 nitrogen and oxygen atoms in total. The van der Waals surface area contributed by atoms with Crippen LogP contribution in [0, 0.1) is 0 Å². The molecule has 0 amide bonds. The summed E-state index contributed by atoms with van der Waals surface area (Å²) < 4.78 is 0. The molecule has 1 heterocycles. The molecular weight excluding hydrogens is 306 g/mol. The van der Waals surface area contributed by atoms with E-state index in [0.29, 0.717) is 18.7 Å². The van der Waals surface area contributed by atoms with Crippen LogP contribution in [-0.2, 0) is 6.42 Å². The van der Waals surface area contributed by atoms with Gasteiger partial charge in [0.05, 0.1) is 36.9 Å². The molecule has 23 heavy (non-hydrogen) atoms. The van der Waals surface area contributed by atoms with Crippen molar-refractivity contribution >= 4 is 0 Å². The first kappa shape index (κ1) is 19.8. The Morgan fingerprint density at radius 2 is 1.65 bits per heavy atom. The molecule has 1 aromatic heterocycles. The zero-order valence-electron chi connectivity index (χ0n) is 12.9. The van der Waals surface area contributed by atoms with Crippen LogP contribution in [0.2, 0.25) is 0 Å². The van der Waals surface area contributed by atoms with Gasteiger partial charge in [0.1, 0.15) is 18.3 Å². The number of nitrogens with zero attached hydrogens (tertiary/aromatic N) is 2. The Labute approximate surface area is 134 Å². The molecule has 7 N–H and O–H groups in total. The van der Waals surface area contributed by atoms with Gasteiger partial charge in [-0.05, 0) is 6.54 Å². The molecular formula is C14H25N3O6. The van der Waals surface area contributed by atoms with Gasteiger partial charge >= 0.3 is 0 Å². The van der Waals surface area contributed by atoms with Crippen molar-refractivity contribution < 1.29 is 30.6 Å². The summed E-state index contributed by atoms with van der Waals surface area (Å²) in [6.45, 7) is 1.41. The highest BCUT2D eigenvalue weighted by Gasteiger charge is 2.27. The van der Waals surface area contributed by atoms with Gasteiger partial charge in [0.2, 0.25) is 0 Å². The molecule has 0 aliphatic rings. The molecule has 0 aliphatic carbocycles. The second kappa shape index (κ2) is 9.83. The first-order valence-electron chi connectivity index (χ1n) is 7.42. The van der Waals surface area contributed by atoms with Gasteiger partial charge in [-0.3, -0.25) is 9.97 Å². The highest BCUT2D eigenvalue weighted by atomic mass is 16.4. The predicted molar refractivity (Wildman–Crippen MR) is 80.4 cm³/mol. The monoisotopic (exact) mass is 331 g/mol. The predicted octanol–water partition coefficient (Wildman–Crippen LogP) is -2.90. The highest BCUT2D eigenvalue weighted by molar-refractivity contribution is 5.08. The Bertz CT molecular complexity index is 447. The van der Waals surface area contributed by atoms with Crippen LogP contribution in [0.4, 0.5) is 0 Å². The fourth-order valence-corrected chi connectivity index (χ4v) is 2.08. The fourth-order valence-electron chi connectivity index (χ4n) is 2.08. The smallest absolute Gasteiger partial charge is 0.126 e. The average molecular weight is 331 g/mol. The van der Waals surface area contributed by atoms with Gasteiger partial charge in [0.25, 0.3) is 0 Å². The molecule has 0 saturated carbocycles. The number of likely N-dealkylation sites (N-methyl/N-ethyl adjacent to an activating group) is 1. The molecule has 1 rings (SSSR count). The Morgan fingerprint density at radius 3 is 2.13 bits per heavy atom. The van der Waals surface area contributed by atoms with Crippen LogP contribution in [0.15, 0.2) is 12.4 Å². The van der Waals surface area contributed by atoms with E-state index in [1.807, 2.05) is 6.92 Å². The van der Waals surface area contributed by atoms with Crippen LogP contribution in [0.5, 0.6) is 0 Å². The van der Waals surface area contributed by atoms with E-state index in [9.17, 15) is 20.4 Å². The van der Waals surface area contributed by atoms with Crippen molar-refractivity contribution in [2.24, 2.45) is 0 Å². The van der Waals surface area contributed by atoms with Gasteiger partial charge < -0.3 is 36.0 Å². The van der Waals surface area contributed by atoms with Crippen LogP contribution in [0.3, 0.4) is 0 Å². The first-order valence-corrected chi connectivity index (χ1v) is 7.42. The molecule has 0 aliphatic heterocycles. The van der Waals surface area contributed by atoms with E-state index in [1.54, 1.807) is 0 Å². The summed E-state index contributed by atoms with van der Waals surface area (Å²) in [5.41, 5.74) is 0.577. The lowest BCUT2D eigenvalue weighted by atomic mass is 10.0. The van der Waals surface area contributed by atoms with Crippen LogP contribution in [-0.4, -0.2) is 84.7 Å². The Kier molecular flexibility index (Phi) is 8.48. The molecule has 5 atom stereocenters. The summed E-state index contributed by atoms with van der Waals surface area (Å²) >= 11 is 0. The van der Waals surface area contributed by atoms with E-state index in [4.69, 9.17) is 10.2 Å². The zero-order valence-corrected chi connectivity index (χ0v) is 12.9. The number of aromatic nitrogens is 2. The topological polar surface area (TPSA) is 159 Å². The molecule has 0 bridgehead atoms. The molecule has 1 aromatic rings. The zero-order chi connectivity index (χ0) is 17.4. The standard InChI is InChI=1S/C14H25N3O6/c1-2-15-9(11(20)6-18)3-8-4-17-10(5-16-8)13(22)14(23)12(21)7-19/h4-5,9,11-15,18-23H,2-3,6-7H2,1H3/t9-,11+,12+,13+,14+/m0/s1. The van der Waals surface area contributed by atoms with Crippen molar-refractivity contribution in [1.29, 1.82) is 0 Å². The van der Waals surface area contributed by atoms with Crippen LogP contribution < -0.4 is 5.32 Å². The van der Waals surface area contributed by atoms with Gasteiger partial charge in [0, 0.05) is 18.7 Å². The Hall–Kier alpha value is -1.20. The lowest BCUT2D eigenvalue weighted by Crippen LogP contribution is -2.43. The second-order valence-electron chi connectivity index (χ2n) is 5.24. The lowest BCUT2D eigenvalue weighted by molar-refractivity contribution is -0.0790. The number of hydrogen-bond donors (Lipinski definition) is 7. The van der Waals surface area contributed by atoms with E-state index in [-0.39, 0.29) is 12.3 Å². The van der Waals surface area contributed by atoms with Crippen molar-refractivity contribution in [1.82, 2.24) is 15.3 Å². The van der Waals surface area contributed by atoms with Crippen LogP contribution >= 0.6 is 0 Å². The largest absolute Gasteiger partial charge is 0.394 e. The van der Waals surface area contributed by atoms with Crippen LogP contribution in [0.1, 0.15) is 24.4 Å². The van der Waals surface area contributed by atoms with Gasteiger partial charge in [-0.15, -0.1) is 0 Å². The van der Waals surface area contributed by atoms with Crippen molar-refractivity contribution in [3.05, 3.63) is 23.8 Å².